The number of aromatic nitrogens is 2. The van der Waals surface area contributed by atoms with Gasteiger partial charge in [-0.2, -0.15) is 5.10 Å². The molecule has 118 valence electrons. The number of hydrogen-bond donors (Lipinski definition) is 2. The van der Waals surface area contributed by atoms with Crippen LogP contribution in [0.1, 0.15) is 25.5 Å². The van der Waals surface area contributed by atoms with Gasteiger partial charge in [0.1, 0.15) is 5.75 Å². The third-order valence-electron chi connectivity index (χ3n) is 3.57. The van der Waals surface area contributed by atoms with Crippen molar-refractivity contribution in [3.05, 3.63) is 48.3 Å². The molecular formula is C16H22N4O2. The Kier molecular flexibility index (Phi) is 5.55. The maximum Gasteiger partial charge on any atom is 0.255 e. The fraction of sp³-hybridized carbons (Fsp3) is 0.375. The number of nitrogens with two attached hydrogens (primary N) is 1. The zero-order chi connectivity index (χ0) is 15.9. The summed E-state index contributed by atoms with van der Waals surface area (Å²) in [6, 6.07) is 10.1. The molecule has 0 radical (unpaired) electrons. The molecule has 0 spiro atoms. The number of hydrogen-bond acceptors (Lipinski definition) is 4. The van der Waals surface area contributed by atoms with Crippen LogP contribution < -0.4 is 15.8 Å². The van der Waals surface area contributed by atoms with Gasteiger partial charge < -0.3 is 15.8 Å². The van der Waals surface area contributed by atoms with Gasteiger partial charge in [0, 0.05) is 25.0 Å². The summed E-state index contributed by atoms with van der Waals surface area (Å²) in [6.07, 6.45) is 3.74. The number of amides is 1. The molecule has 0 aliphatic heterocycles. The standard InChI is InChI=1S/C16H22N4O2/c1-12(13(2)20-8-4-7-19-20)18-10-14-5-3-6-15(9-14)22-11-16(17)21/h3-9,12-13,18H,10-11H2,1-2H3,(H2,17,21). The third kappa shape index (κ3) is 4.60. The molecule has 0 fully saturated rings. The van der Waals surface area contributed by atoms with Gasteiger partial charge in [-0.1, -0.05) is 12.1 Å². The molecule has 22 heavy (non-hydrogen) atoms. The van der Waals surface area contributed by atoms with Gasteiger partial charge in [0.2, 0.25) is 0 Å². The molecule has 2 rings (SSSR count). The van der Waals surface area contributed by atoms with Gasteiger partial charge >= 0.3 is 0 Å². The summed E-state index contributed by atoms with van der Waals surface area (Å²) < 4.78 is 7.24. The molecule has 1 aromatic heterocycles. The van der Waals surface area contributed by atoms with Gasteiger partial charge in [0.25, 0.3) is 5.91 Å². The predicted molar refractivity (Wildman–Crippen MR) is 84.4 cm³/mol. The van der Waals surface area contributed by atoms with Gasteiger partial charge in [-0.25, -0.2) is 0 Å². The Morgan fingerprint density at radius 3 is 2.91 bits per heavy atom. The van der Waals surface area contributed by atoms with E-state index in [0.29, 0.717) is 12.3 Å². The fourth-order valence-electron chi connectivity index (χ4n) is 2.10. The second kappa shape index (κ2) is 7.61. The number of primary amides is 1. The zero-order valence-corrected chi connectivity index (χ0v) is 12.9. The lowest BCUT2D eigenvalue weighted by molar-refractivity contribution is -0.119. The van der Waals surface area contributed by atoms with Crippen molar-refractivity contribution in [1.82, 2.24) is 15.1 Å². The lowest BCUT2D eigenvalue weighted by atomic mass is 10.1. The van der Waals surface area contributed by atoms with E-state index < -0.39 is 5.91 Å². The lowest BCUT2D eigenvalue weighted by Crippen LogP contribution is -2.33. The first kappa shape index (κ1) is 16.0. The smallest absolute Gasteiger partial charge is 0.255 e. The Morgan fingerprint density at radius 2 is 2.23 bits per heavy atom. The Labute approximate surface area is 130 Å². The molecule has 0 saturated carbocycles. The minimum Gasteiger partial charge on any atom is -0.484 e. The number of nitrogens with one attached hydrogen (secondary N) is 1. The number of nitrogens with zero attached hydrogens (tertiary/aromatic N) is 2. The van der Waals surface area contributed by atoms with Crippen LogP contribution in [0, 0.1) is 0 Å². The highest BCUT2D eigenvalue weighted by Crippen LogP contribution is 2.14. The summed E-state index contributed by atoms with van der Waals surface area (Å²) >= 11 is 0. The average Bonchev–Trinajstić information content (AvgIpc) is 3.04. The van der Waals surface area contributed by atoms with Crippen LogP contribution >= 0.6 is 0 Å². The minimum atomic E-state index is -0.481. The maximum absolute atomic E-state index is 10.7. The predicted octanol–water partition coefficient (Wildman–Crippen LogP) is 1.49. The van der Waals surface area contributed by atoms with Gasteiger partial charge in [-0.15, -0.1) is 0 Å². The molecule has 6 heteroatoms. The normalized spacial score (nSPS) is 13.5. The molecule has 6 nitrogen and oxygen atoms in total. The maximum atomic E-state index is 10.7. The molecule has 2 aromatic rings. The summed E-state index contributed by atoms with van der Waals surface area (Å²) in [6.45, 7) is 4.85. The van der Waals surface area contributed by atoms with Crippen LogP contribution in [0.3, 0.4) is 0 Å². The van der Waals surface area contributed by atoms with Crippen LogP contribution in [0.25, 0.3) is 0 Å². The van der Waals surface area contributed by atoms with Crippen molar-refractivity contribution in [1.29, 1.82) is 0 Å². The number of carbonyl (C=O) groups is 1. The van der Waals surface area contributed by atoms with Crippen molar-refractivity contribution in [2.24, 2.45) is 5.73 Å². The van der Waals surface area contributed by atoms with E-state index in [0.717, 1.165) is 5.56 Å². The van der Waals surface area contributed by atoms with Gasteiger partial charge in [0.15, 0.2) is 6.61 Å². The molecular weight excluding hydrogens is 280 g/mol. The zero-order valence-electron chi connectivity index (χ0n) is 12.9. The van der Waals surface area contributed by atoms with Gasteiger partial charge in [0.05, 0.1) is 6.04 Å². The van der Waals surface area contributed by atoms with Crippen LogP contribution in [0.2, 0.25) is 0 Å². The first-order valence-electron chi connectivity index (χ1n) is 7.29. The minimum absolute atomic E-state index is 0.108. The first-order chi connectivity index (χ1) is 10.6. The lowest BCUT2D eigenvalue weighted by Gasteiger charge is -2.22. The molecule has 0 aliphatic carbocycles. The van der Waals surface area contributed by atoms with Gasteiger partial charge in [-0.05, 0) is 37.6 Å². The van der Waals surface area contributed by atoms with Gasteiger partial charge in [-0.3, -0.25) is 9.48 Å². The molecule has 0 saturated heterocycles. The first-order valence-corrected chi connectivity index (χ1v) is 7.29. The van der Waals surface area contributed by atoms with Crippen LogP contribution in [0.5, 0.6) is 5.75 Å². The van der Waals surface area contributed by atoms with E-state index in [9.17, 15) is 4.79 Å². The number of carbonyl (C=O) groups excluding carboxylic acids is 1. The molecule has 1 amide bonds. The second-order valence-corrected chi connectivity index (χ2v) is 5.30. The number of ether oxygens (including phenoxy) is 1. The third-order valence-corrected chi connectivity index (χ3v) is 3.57. The largest absolute Gasteiger partial charge is 0.484 e. The second-order valence-electron chi connectivity index (χ2n) is 5.30. The van der Waals surface area contributed by atoms with E-state index in [2.05, 4.69) is 24.3 Å². The number of rotatable bonds is 8. The molecule has 3 N–H and O–H groups in total. The van der Waals surface area contributed by atoms with E-state index in [1.807, 2.05) is 41.2 Å². The van der Waals surface area contributed by atoms with Crippen LogP contribution in [-0.2, 0) is 11.3 Å². The van der Waals surface area contributed by atoms with E-state index in [4.69, 9.17) is 10.5 Å². The summed E-state index contributed by atoms with van der Waals surface area (Å²) in [5, 5.41) is 7.73. The van der Waals surface area contributed by atoms with Crippen LogP contribution in [0.15, 0.2) is 42.7 Å². The topological polar surface area (TPSA) is 82.2 Å². The Bertz CT molecular complexity index is 598. The monoisotopic (exact) mass is 302 g/mol. The quantitative estimate of drug-likeness (QED) is 0.774. The van der Waals surface area contributed by atoms with E-state index >= 15 is 0 Å². The molecule has 0 bridgehead atoms. The molecule has 2 unspecified atom stereocenters. The van der Waals surface area contributed by atoms with Crippen LogP contribution in [0.4, 0.5) is 0 Å². The Morgan fingerprint density at radius 1 is 1.41 bits per heavy atom. The number of benzene rings is 1. The van der Waals surface area contributed by atoms with Crippen molar-refractivity contribution in [2.45, 2.75) is 32.5 Å². The summed E-state index contributed by atoms with van der Waals surface area (Å²) in [5.41, 5.74) is 6.16. The highest BCUT2D eigenvalue weighted by Gasteiger charge is 2.13. The highest BCUT2D eigenvalue weighted by molar-refractivity contribution is 5.75. The summed E-state index contributed by atoms with van der Waals surface area (Å²) in [4.78, 5) is 10.7. The SMILES string of the molecule is CC(NCc1cccc(OCC(N)=O)c1)C(C)n1cccn1. The van der Waals surface area contributed by atoms with Crippen molar-refractivity contribution < 1.29 is 9.53 Å². The molecule has 0 aliphatic rings. The Balaban J connectivity index is 1.88. The fourth-order valence-corrected chi connectivity index (χ4v) is 2.10. The average molecular weight is 302 g/mol. The van der Waals surface area contributed by atoms with Crippen molar-refractivity contribution in [3.8, 4) is 5.75 Å². The highest BCUT2D eigenvalue weighted by atomic mass is 16.5. The summed E-state index contributed by atoms with van der Waals surface area (Å²) in [5.74, 6) is 0.163. The molecule has 1 heterocycles. The molecule has 2 atom stereocenters. The van der Waals surface area contributed by atoms with Crippen molar-refractivity contribution in [3.63, 3.8) is 0 Å². The van der Waals surface area contributed by atoms with E-state index in [-0.39, 0.29) is 18.7 Å². The molecule has 1 aromatic carbocycles. The van der Waals surface area contributed by atoms with Crippen LogP contribution in [-0.4, -0.2) is 28.3 Å². The van der Waals surface area contributed by atoms with E-state index in [1.165, 1.54) is 0 Å². The summed E-state index contributed by atoms with van der Waals surface area (Å²) in [7, 11) is 0. The van der Waals surface area contributed by atoms with E-state index in [1.54, 1.807) is 6.20 Å². The Hall–Kier alpha value is -2.34. The van der Waals surface area contributed by atoms with Crippen molar-refractivity contribution in [2.75, 3.05) is 6.61 Å². The van der Waals surface area contributed by atoms with Crippen molar-refractivity contribution >= 4 is 5.91 Å².